The summed E-state index contributed by atoms with van der Waals surface area (Å²) in [6, 6.07) is 6.57. The Morgan fingerprint density at radius 2 is 1.97 bits per heavy atom. The van der Waals surface area contributed by atoms with Crippen LogP contribution < -0.4 is 11.1 Å². The van der Waals surface area contributed by atoms with Crippen molar-refractivity contribution in [2.24, 2.45) is 0 Å². The summed E-state index contributed by atoms with van der Waals surface area (Å²) >= 11 is 3.15. The van der Waals surface area contributed by atoms with Gasteiger partial charge in [0.1, 0.15) is 28.8 Å². The van der Waals surface area contributed by atoms with Crippen LogP contribution in [0.3, 0.4) is 0 Å². The first-order chi connectivity index (χ1) is 16.7. The number of benzene rings is 2. The van der Waals surface area contributed by atoms with Crippen LogP contribution in [-0.4, -0.2) is 62.7 Å². The molecule has 35 heavy (non-hydrogen) atoms. The van der Waals surface area contributed by atoms with Gasteiger partial charge in [-0.3, -0.25) is 9.59 Å². The highest BCUT2D eigenvalue weighted by atomic mass is 79.9. The SMILES string of the molecule is Nc1ncc(C(=O)N2CC(O)C2)nc1-c1ccc(C(=O)NC(CO)c2cc(F)cc(Br)c2)c(F)c1. The van der Waals surface area contributed by atoms with Crippen molar-refractivity contribution in [3.8, 4) is 11.3 Å². The molecule has 1 aliphatic heterocycles. The summed E-state index contributed by atoms with van der Waals surface area (Å²) in [5.41, 5.74) is 6.08. The molecule has 0 bridgehead atoms. The summed E-state index contributed by atoms with van der Waals surface area (Å²) in [4.78, 5) is 34.7. The zero-order chi connectivity index (χ0) is 25.3. The minimum Gasteiger partial charge on any atom is -0.394 e. The Hall–Kier alpha value is -3.48. The van der Waals surface area contributed by atoms with Gasteiger partial charge in [0.05, 0.1) is 30.5 Å². The Morgan fingerprint density at radius 1 is 1.23 bits per heavy atom. The van der Waals surface area contributed by atoms with Crippen LogP contribution in [0, 0.1) is 11.6 Å². The smallest absolute Gasteiger partial charge is 0.274 e. The number of β-amino-alcohol motifs (C(OH)–C–C–N with tert-alkyl or cyclic N) is 1. The fourth-order valence-corrected chi connectivity index (χ4v) is 4.07. The van der Waals surface area contributed by atoms with Crippen LogP contribution in [0.5, 0.6) is 0 Å². The van der Waals surface area contributed by atoms with E-state index in [1.165, 1.54) is 35.4 Å². The highest BCUT2D eigenvalue weighted by Gasteiger charge is 2.31. The Kier molecular flexibility index (Phi) is 7.05. The van der Waals surface area contributed by atoms with E-state index >= 15 is 0 Å². The van der Waals surface area contributed by atoms with Crippen LogP contribution in [0.15, 0.2) is 47.1 Å². The van der Waals surface area contributed by atoms with Gasteiger partial charge in [0.25, 0.3) is 11.8 Å². The topological polar surface area (TPSA) is 142 Å². The molecule has 0 saturated carbocycles. The number of rotatable bonds is 6. The Bertz CT molecular complexity index is 1280. The van der Waals surface area contributed by atoms with Gasteiger partial charge in [-0.2, -0.15) is 0 Å². The zero-order valence-corrected chi connectivity index (χ0v) is 19.7. The minimum absolute atomic E-state index is 0.0182. The molecular formula is C23H20BrF2N5O4. The molecule has 3 aromatic rings. The average molecular weight is 548 g/mol. The number of amides is 2. The normalized spacial score (nSPS) is 14.4. The third kappa shape index (κ3) is 5.29. The number of hydrogen-bond acceptors (Lipinski definition) is 7. The van der Waals surface area contributed by atoms with Crippen LogP contribution in [-0.2, 0) is 0 Å². The van der Waals surface area contributed by atoms with E-state index in [-0.39, 0.29) is 41.4 Å². The number of anilines is 1. The first-order valence-corrected chi connectivity index (χ1v) is 11.2. The second kappa shape index (κ2) is 10.0. The predicted molar refractivity (Wildman–Crippen MR) is 125 cm³/mol. The lowest BCUT2D eigenvalue weighted by Crippen LogP contribution is -2.53. The maximum atomic E-state index is 14.9. The maximum absolute atomic E-state index is 14.9. The molecule has 0 aliphatic carbocycles. The van der Waals surface area contributed by atoms with Gasteiger partial charge in [0.2, 0.25) is 0 Å². The van der Waals surface area contributed by atoms with E-state index in [1.54, 1.807) is 0 Å². The van der Waals surface area contributed by atoms with E-state index in [0.29, 0.717) is 10.0 Å². The van der Waals surface area contributed by atoms with E-state index < -0.39 is 42.2 Å². The average Bonchev–Trinajstić information content (AvgIpc) is 2.79. The van der Waals surface area contributed by atoms with Crippen molar-refractivity contribution in [1.82, 2.24) is 20.2 Å². The van der Waals surface area contributed by atoms with Crippen molar-refractivity contribution < 1.29 is 28.6 Å². The number of aliphatic hydroxyl groups is 2. The molecule has 9 nitrogen and oxygen atoms in total. The monoisotopic (exact) mass is 547 g/mol. The van der Waals surface area contributed by atoms with Crippen LogP contribution in [0.4, 0.5) is 14.6 Å². The van der Waals surface area contributed by atoms with Gasteiger partial charge in [0, 0.05) is 23.1 Å². The Balaban J connectivity index is 1.56. The Morgan fingerprint density at radius 3 is 2.60 bits per heavy atom. The first-order valence-electron chi connectivity index (χ1n) is 10.4. The number of aromatic nitrogens is 2. The third-order valence-electron chi connectivity index (χ3n) is 5.43. The van der Waals surface area contributed by atoms with Gasteiger partial charge in [-0.25, -0.2) is 18.7 Å². The number of nitrogens with zero attached hydrogens (tertiary/aromatic N) is 3. The summed E-state index contributed by atoms with van der Waals surface area (Å²) in [7, 11) is 0. The largest absolute Gasteiger partial charge is 0.394 e. The molecule has 12 heteroatoms. The number of nitrogens with one attached hydrogen (secondary N) is 1. The minimum atomic E-state index is -0.974. The van der Waals surface area contributed by atoms with Gasteiger partial charge in [0.15, 0.2) is 0 Å². The number of hydrogen-bond donors (Lipinski definition) is 4. The molecule has 1 atom stereocenters. The maximum Gasteiger partial charge on any atom is 0.274 e. The number of carbonyl (C=O) groups is 2. The molecule has 5 N–H and O–H groups in total. The molecule has 1 aromatic heterocycles. The Labute approximate surface area is 206 Å². The summed E-state index contributed by atoms with van der Waals surface area (Å²) in [6.45, 7) is -0.178. The number of nitrogen functional groups attached to an aromatic ring is 1. The van der Waals surface area contributed by atoms with Gasteiger partial charge >= 0.3 is 0 Å². The van der Waals surface area contributed by atoms with Gasteiger partial charge in [-0.1, -0.05) is 22.0 Å². The molecule has 1 fully saturated rings. The molecule has 2 heterocycles. The quantitative estimate of drug-likeness (QED) is 0.370. The van der Waals surface area contributed by atoms with Crippen molar-refractivity contribution in [2.45, 2.75) is 12.1 Å². The molecule has 1 aliphatic rings. The van der Waals surface area contributed by atoms with Crippen LogP contribution >= 0.6 is 15.9 Å². The first kappa shape index (κ1) is 24.6. The van der Waals surface area contributed by atoms with Crippen LogP contribution in [0.2, 0.25) is 0 Å². The molecule has 1 unspecified atom stereocenters. The van der Waals surface area contributed by atoms with Crippen LogP contribution in [0.25, 0.3) is 11.3 Å². The molecule has 4 rings (SSSR count). The van der Waals surface area contributed by atoms with Crippen LogP contribution in [0.1, 0.15) is 32.5 Å². The molecule has 0 radical (unpaired) electrons. The highest BCUT2D eigenvalue weighted by Crippen LogP contribution is 2.26. The van der Waals surface area contributed by atoms with Crippen molar-refractivity contribution in [3.05, 3.63) is 75.5 Å². The third-order valence-corrected chi connectivity index (χ3v) is 5.89. The lowest BCUT2D eigenvalue weighted by atomic mass is 10.0. The lowest BCUT2D eigenvalue weighted by Gasteiger charge is -2.35. The summed E-state index contributed by atoms with van der Waals surface area (Å²) < 4.78 is 29.0. The fourth-order valence-electron chi connectivity index (χ4n) is 3.59. The van der Waals surface area contributed by atoms with Crippen molar-refractivity contribution in [1.29, 1.82) is 0 Å². The number of carbonyl (C=O) groups excluding carboxylic acids is 2. The van der Waals surface area contributed by atoms with E-state index in [1.807, 2.05) is 0 Å². The van der Waals surface area contributed by atoms with Crippen molar-refractivity contribution >= 4 is 33.6 Å². The van der Waals surface area contributed by atoms with E-state index in [9.17, 15) is 28.6 Å². The van der Waals surface area contributed by atoms with E-state index in [0.717, 1.165) is 12.1 Å². The molecule has 2 aromatic carbocycles. The number of aliphatic hydroxyl groups excluding tert-OH is 2. The molecule has 0 spiro atoms. The second-order valence-corrected chi connectivity index (χ2v) is 8.87. The van der Waals surface area contributed by atoms with Gasteiger partial charge in [-0.15, -0.1) is 0 Å². The summed E-state index contributed by atoms with van der Waals surface area (Å²) in [5, 5.41) is 21.5. The highest BCUT2D eigenvalue weighted by molar-refractivity contribution is 9.10. The van der Waals surface area contributed by atoms with Gasteiger partial charge < -0.3 is 26.2 Å². The molecule has 2 amide bonds. The summed E-state index contributed by atoms with van der Waals surface area (Å²) in [5.74, 6) is -2.78. The molecular weight excluding hydrogens is 528 g/mol. The predicted octanol–water partition coefficient (Wildman–Crippen LogP) is 2.05. The number of nitrogens with two attached hydrogens (primary N) is 1. The fraction of sp³-hybridized carbons (Fsp3) is 0.217. The van der Waals surface area contributed by atoms with E-state index in [2.05, 4.69) is 31.2 Å². The van der Waals surface area contributed by atoms with Crippen molar-refractivity contribution in [3.63, 3.8) is 0 Å². The van der Waals surface area contributed by atoms with E-state index in [4.69, 9.17) is 5.73 Å². The summed E-state index contributed by atoms with van der Waals surface area (Å²) in [6.07, 6.45) is 0.616. The standard InChI is InChI=1S/C23H20BrF2N5O4/c24-13-3-12(4-14(25)6-13)19(10-32)30-22(34)16-2-1-11(5-17(16)26)20-21(27)28-7-18(29-20)23(35)31-8-15(33)9-31/h1-7,15,19,32-33H,8-10H2,(H2,27,28)(H,30,34). The zero-order valence-electron chi connectivity index (χ0n) is 18.1. The lowest BCUT2D eigenvalue weighted by molar-refractivity contribution is 0.00548. The number of likely N-dealkylation sites (tertiary alicyclic amines) is 1. The molecule has 182 valence electrons. The van der Waals surface area contributed by atoms with Crippen molar-refractivity contribution in [2.75, 3.05) is 25.4 Å². The molecule has 1 saturated heterocycles. The number of halogens is 3. The van der Waals surface area contributed by atoms with Gasteiger partial charge in [-0.05, 0) is 35.9 Å². The second-order valence-electron chi connectivity index (χ2n) is 7.96.